The Morgan fingerprint density at radius 3 is 2.58 bits per heavy atom. The number of anilines is 1. The second-order valence-electron chi connectivity index (χ2n) is 4.21. The minimum absolute atomic E-state index is 0.576. The number of carbonyl (C=O) groups excluding carboxylic acids is 1. The highest BCUT2D eigenvalue weighted by Gasteiger charge is 2.24. The molecule has 1 rings (SSSR count). The molecule has 2 amide bonds. The van der Waals surface area contributed by atoms with Gasteiger partial charge >= 0.3 is 12.0 Å². The van der Waals surface area contributed by atoms with Gasteiger partial charge in [-0.05, 0) is 31.0 Å². The Bertz CT molecular complexity index is 460. The van der Waals surface area contributed by atoms with E-state index in [1.807, 2.05) is 13.0 Å². The molecule has 0 aliphatic carbocycles. The maximum absolute atomic E-state index is 11.6. The Morgan fingerprint density at radius 2 is 2.05 bits per heavy atom. The lowest BCUT2D eigenvalue weighted by molar-refractivity contribution is -0.141. The van der Waals surface area contributed by atoms with Gasteiger partial charge in [0, 0.05) is 5.69 Å². The van der Waals surface area contributed by atoms with Gasteiger partial charge in [-0.2, -0.15) is 0 Å². The highest BCUT2D eigenvalue weighted by molar-refractivity contribution is 5.92. The highest BCUT2D eigenvalue weighted by atomic mass is 16.4. The fourth-order valence-corrected chi connectivity index (χ4v) is 1.57. The number of aryl methyl sites for hydroxylation is 1. The van der Waals surface area contributed by atoms with Crippen LogP contribution in [0.3, 0.4) is 0 Å². The van der Waals surface area contributed by atoms with E-state index >= 15 is 0 Å². The number of aliphatic hydroxyl groups excluding tert-OH is 1. The van der Waals surface area contributed by atoms with Gasteiger partial charge in [0.15, 0.2) is 6.04 Å². The lowest BCUT2D eigenvalue weighted by Gasteiger charge is -2.17. The molecule has 19 heavy (non-hydrogen) atoms. The van der Waals surface area contributed by atoms with Crippen LogP contribution in [0, 0.1) is 0 Å². The van der Waals surface area contributed by atoms with Crippen LogP contribution in [0.25, 0.3) is 0 Å². The quantitative estimate of drug-likeness (QED) is 0.643. The molecule has 0 fully saturated rings. The molecule has 0 bridgehead atoms. The van der Waals surface area contributed by atoms with Crippen LogP contribution in [-0.4, -0.2) is 34.4 Å². The second-order valence-corrected chi connectivity index (χ2v) is 4.21. The van der Waals surface area contributed by atoms with E-state index in [4.69, 9.17) is 5.11 Å². The molecule has 0 saturated heterocycles. The first-order chi connectivity index (χ1) is 8.93. The van der Waals surface area contributed by atoms with Gasteiger partial charge in [0.05, 0.1) is 6.10 Å². The van der Waals surface area contributed by atoms with E-state index in [0.29, 0.717) is 5.69 Å². The molecule has 6 nitrogen and oxygen atoms in total. The molecule has 0 spiro atoms. The Labute approximate surface area is 111 Å². The summed E-state index contributed by atoms with van der Waals surface area (Å²) in [5, 5.41) is 22.8. The van der Waals surface area contributed by atoms with E-state index in [-0.39, 0.29) is 0 Å². The van der Waals surface area contributed by atoms with Crippen LogP contribution in [0.4, 0.5) is 10.5 Å². The van der Waals surface area contributed by atoms with Crippen molar-refractivity contribution in [2.75, 3.05) is 5.32 Å². The number of amides is 2. The lowest BCUT2D eigenvalue weighted by Crippen LogP contribution is -2.49. The van der Waals surface area contributed by atoms with Crippen LogP contribution >= 0.6 is 0 Å². The Kier molecular flexibility index (Phi) is 5.32. The third-order valence-electron chi connectivity index (χ3n) is 2.63. The van der Waals surface area contributed by atoms with Crippen LogP contribution in [0.5, 0.6) is 0 Å². The van der Waals surface area contributed by atoms with E-state index in [1.54, 1.807) is 18.2 Å². The Hall–Kier alpha value is -2.08. The minimum Gasteiger partial charge on any atom is -0.480 e. The fraction of sp³-hybridized carbons (Fsp3) is 0.385. The van der Waals surface area contributed by atoms with Crippen LogP contribution in [-0.2, 0) is 11.2 Å². The largest absolute Gasteiger partial charge is 0.480 e. The molecule has 0 aliphatic rings. The summed E-state index contributed by atoms with van der Waals surface area (Å²) in [6.45, 7) is 3.30. The van der Waals surface area contributed by atoms with Crippen LogP contribution in [0.15, 0.2) is 24.3 Å². The predicted octanol–water partition coefficient (Wildman–Crippen LogP) is 1.20. The maximum Gasteiger partial charge on any atom is 0.328 e. The van der Waals surface area contributed by atoms with Gasteiger partial charge in [-0.15, -0.1) is 0 Å². The maximum atomic E-state index is 11.6. The number of aliphatic hydroxyl groups is 1. The molecule has 1 aromatic rings. The third kappa shape index (κ3) is 4.59. The van der Waals surface area contributed by atoms with Crippen molar-refractivity contribution < 1.29 is 19.8 Å². The van der Waals surface area contributed by atoms with Gasteiger partial charge in [-0.1, -0.05) is 19.1 Å². The SMILES string of the molecule is CCc1cccc(NC(=O)N[C@H](C(=O)O)[C@@H](C)O)c1. The number of benzene rings is 1. The molecular formula is C13H18N2O4. The normalized spacial score (nSPS) is 13.4. The van der Waals surface area contributed by atoms with Crippen LogP contribution in [0.1, 0.15) is 19.4 Å². The zero-order valence-electron chi connectivity index (χ0n) is 10.9. The van der Waals surface area contributed by atoms with E-state index in [2.05, 4.69) is 10.6 Å². The van der Waals surface area contributed by atoms with Crippen molar-refractivity contribution in [2.24, 2.45) is 0 Å². The average molecular weight is 266 g/mol. The number of nitrogens with one attached hydrogen (secondary N) is 2. The molecule has 1 aromatic carbocycles. The van der Waals surface area contributed by atoms with Crippen molar-refractivity contribution in [3.8, 4) is 0 Å². The predicted molar refractivity (Wildman–Crippen MR) is 71.1 cm³/mol. The molecule has 0 saturated carbocycles. The third-order valence-corrected chi connectivity index (χ3v) is 2.63. The molecule has 2 atom stereocenters. The molecule has 6 heteroatoms. The van der Waals surface area contributed by atoms with Gasteiger partial charge in [0.25, 0.3) is 0 Å². The molecule has 0 aromatic heterocycles. The topological polar surface area (TPSA) is 98.7 Å². The van der Waals surface area contributed by atoms with Gasteiger partial charge in [-0.3, -0.25) is 0 Å². The van der Waals surface area contributed by atoms with Crippen molar-refractivity contribution in [3.63, 3.8) is 0 Å². The summed E-state index contributed by atoms with van der Waals surface area (Å²) >= 11 is 0. The molecule has 0 radical (unpaired) electrons. The number of carbonyl (C=O) groups is 2. The molecule has 0 heterocycles. The number of aliphatic carboxylic acids is 1. The molecule has 4 N–H and O–H groups in total. The van der Waals surface area contributed by atoms with E-state index in [1.165, 1.54) is 6.92 Å². The summed E-state index contributed by atoms with van der Waals surface area (Å²) < 4.78 is 0. The van der Waals surface area contributed by atoms with E-state index in [0.717, 1.165) is 12.0 Å². The first kappa shape index (κ1) is 15.0. The monoisotopic (exact) mass is 266 g/mol. The van der Waals surface area contributed by atoms with Gasteiger partial charge < -0.3 is 20.8 Å². The van der Waals surface area contributed by atoms with Crippen molar-refractivity contribution in [2.45, 2.75) is 32.4 Å². The Morgan fingerprint density at radius 1 is 1.37 bits per heavy atom. The molecular weight excluding hydrogens is 248 g/mol. The van der Waals surface area contributed by atoms with Crippen molar-refractivity contribution in [1.29, 1.82) is 0 Å². The standard InChI is InChI=1S/C13H18N2O4/c1-3-9-5-4-6-10(7-9)14-13(19)15-11(8(2)16)12(17)18/h4-8,11,16H,3H2,1-2H3,(H,17,18)(H2,14,15,19)/t8-,11+/m1/s1. The smallest absolute Gasteiger partial charge is 0.328 e. The lowest BCUT2D eigenvalue weighted by atomic mass is 10.1. The fourth-order valence-electron chi connectivity index (χ4n) is 1.57. The summed E-state index contributed by atoms with van der Waals surface area (Å²) in [5.74, 6) is -1.28. The summed E-state index contributed by atoms with van der Waals surface area (Å²) in [6, 6.07) is 5.24. The van der Waals surface area contributed by atoms with Crippen LogP contribution in [0.2, 0.25) is 0 Å². The summed E-state index contributed by atoms with van der Waals surface area (Å²) in [4.78, 5) is 22.5. The van der Waals surface area contributed by atoms with E-state index in [9.17, 15) is 14.7 Å². The number of carboxylic acids is 1. The highest BCUT2D eigenvalue weighted by Crippen LogP contribution is 2.11. The summed E-state index contributed by atoms with van der Waals surface area (Å²) in [5.41, 5.74) is 1.63. The first-order valence-electron chi connectivity index (χ1n) is 6.01. The van der Waals surface area contributed by atoms with E-state index < -0.39 is 24.1 Å². The average Bonchev–Trinajstić information content (AvgIpc) is 2.35. The number of carboxylic acid groups (broad SMARTS) is 1. The number of urea groups is 1. The van der Waals surface area contributed by atoms with Crippen molar-refractivity contribution in [3.05, 3.63) is 29.8 Å². The van der Waals surface area contributed by atoms with Gasteiger partial charge in [-0.25, -0.2) is 9.59 Å². The number of hydrogen-bond donors (Lipinski definition) is 4. The number of rotatable bonds is 5. The minimum atomic E-state index is -1.34. The Balaban J connectivity index is 2.66. The van der Waals surface area contributed by atoms with Crippen LogP contribution < -0.4 is 10.6 Å². The molecule has 104 valence electrons. The van der Waals surface area contributed by atoms with Gasteiger partial charge in [0.1, 0.15) is 0 Å². The summed E-state index contributed by atoms with van der Waals surface area (Å²) in [6.07, 6.45) is -0.340. The van der Waals surface area contributed by atoms with Crippen molar-refractivity contribution >= 4 is 17.7 Å². The van der Waals surface area contributed by atoms with Gasteiger partial charge in [0.2, 0.25) is 0 Å². The molecule has 0 unspecified atom stereocenters. The second kappa shape index (κ2) is 6.75. The number of hydrogen-bond acceptors (Lipinski definition) is 3. The summed E-state index contributed by atoms with van der Waals surface area (Å²) in [7, 11) is 0. The zero-order chi connectivity index (χ0) is 14.4. The first-order valence-corrected chi connectivity index (χ1v) is 6.01. The molecule has 0 aliphatic heterocycles. The van der Waals surface area contributed by atoms with Crippen molar-refractivity contribution in [1.82, 2.24) is 5.32 Å². The zero-order valence-corrected chi connectivity index (χ0v) is 10.9.